The number of ether oxygens (including phenoxy) is 1. The number of carbonyl (C=O) groups excluding carboxylic acids is 2. The molecule has 0 spiro atoms. The molecule has 0 aliphatic carbocycles. The van der Waals surface area contributed by atoms with Gasteiger partial charge in [-0.3, -0.25) is 10.1 Å². The zero-order valence-electron chi connectivity index (χ0n) is 11.3. The van der Waals surface area contributed by atoms with Crippen LogP contribution in [0.4, 0.5) is 14.9 Å². The molecule has 0 unspecified atom stereocenters. The van der Waals surface area contributed by atoms with E-state index in [1.807, 2.05) is 0 Å². The Morgan fingerprint density at radius 2 is 1.86 bits per heavy atom. The number of nitrogens with one attached hydrogen (secondary N) is 2. The van der Waals surface area contributed by atoms with E-state index in [9.17, 15) is 14.0 Å². The van der Waals surface area contributed by atoms with Crippen LogP contribution in [0, 0.1) is 5.82 Å². The maximum atomic E-state index is 12.9. The molecule has 0 atom stereocenters. The van der Waals surface area contributed by atoms with E-state index in [4.69, 9.17) is 16.3 Å². The fraction of sp³-hybridized carbons (Fsp3) is 0.0667. The van der Waals surface area contributed by atoms with E-state index < -0.39 is 24.4 Å². The summed E-state index contributed by atoms with van der Waals surface area (Å²) in [6.45, 7) is -0.423. The molecule has 0 radical (unpaired) electrons. The summed E-state index contributed by atoms with van der Waals surface area (Å²) < 4.78 is 18.0. The van der Waals surface area contributed by atoms with E-state index in [-0.39, 0.29) is 10.8 Å². The molecule has 2 aromatic carbocycles. The lowest BCUT2D eigenvalue weighted by Gasteiger charge is -2.09. The number of carbonyl (C=O) groups is 2. The van der Waals surface area contributed by atoms with Crippen molar-refractivity contribution in [3.05, 3.63) is 59.4 Å². The maximum absolute atomic E-state index is 12.9. The SMILES string of the molecule is O=C(COc1ccc(F)cc1Cl)NC(=O)Nc1ccccc1. The Hall–Kier alpha value is -2.60. The van der Waals surface area contributed by atoms with E-state index in [1.54, 1.807) is 30.3 Å². The summed E-state index contributed by atoms with van der Waals surface area (Å²) in [7, 11) is 0. The second kappa shape index (κ2) is 7.42. The number of imide groups is 1. The molecule has 0 aromatic heterocycles. The molecule has 5 nitrogen and oxygen atoms in total. The van der Waals surface area contributed by atoms with Crippen LogP contribution in [-0.4, -0.2) is 18.5 Å². The number of halogens is 2. The van der Waals surface area contributed by atoms with Gasteiger partial charge in [0.25, 0.3) is 5.91 Å². The van der Waals surface area contributed by atoms with E-state index in [2.05, 4.69) is 10.6 Å². The summed E-state index contributed by atoms with van der Waals surface area (Å²) in [5, 5.41) is 4.63. The van der Waals surface area contributed by atoms with Gasteiger partial charge >= 0.3 is 6.03 Å². The second-order valence-corrected chi connectivity index (χ2v) is 4.64. The van der Waals surface area contributed by atoms with Crippen LogP contribution < -0.4 is 15.4 Å². The van der Waals surface area contributed by atoms with Gasteiger partial charge in [-0.1, -0.05) is 29.8 Å². The largest absolute Gasteiger partial charge is 0.482 e. The third-order valence-electron chi connectivity index (χ3n) is 2.54. The highest BCUT2D eigenvalue weighted by molar-refractivity contribution is 6.32. The summed E-state index contributed by atoms with van der Waals surface area (Å²) >= 11 is 5.75. The number of urea groups is 1. The van der Waals surface area contributed by atoms with E-state index in [0.29, 0.717) is 5.69 Å². The predicted molar refractivity (Wildman–Crippen MR) is 80.5 cm³/mol. The van der Waals surface area contributed by atoms with Crippen LogP contribution in [0.25, 0.3) is 0 Å². The highest BCUT2D eigenvalue weighted by atomic mass is 35.5. The normalized spacial score (nSPS) is 9.91. The Balaban J connectivity index is 1.81. The van der Waals surface area contributed by atoms with Gasteiger partial charge in [-0.25, -0.2) is 9.18 Å². The zero-order valence-corrected chi connectivity index (χ0v) is 12.1. The van der Waals surface area contributed by atoms with E-state index >= 15 is 0 Å². The lowest BCUT2D eigenvalue weighted by atomic mass is 10.3. The molecule has 0 heterocycles. The molecule has 7 heteroatoms. The van der Waals surface area contributed by atoms with Crippen molar-refractivity contribution in [3.63, 3.8) is 0 Å². The minimum absolute atomic E-state index is 0.0431. The van der Waals surface area contributed by atoms with Gasteiger partial charge in [0.1, 0.15) is 11.6 Å². The Morgan fingerprint density at radius 1 is 1.14 bits per heavy atom. The number of amides is 3. The Kier molecular flexibility index (Phi) is 5.32. The maximum Gasteiger partial charge on any atom is 0.325 e. The van der Waals surface area contributed by atoms with E-state index in [0.717, 1.165) is 12.1 Å². The van der Waals surface area contributed by atoms with Crippen LogP contribution in [0.2, 0.25) is 5.02 Å². The molecule has 114 valence electrons. The molecule has 0 aliphatic rings. The monoisotopic (exact) mass is 322 g/mol. The van der Waals surface area contributed by atoms with Crippen molar-refractivity contribution < 1.29 is 18.7 Å². The fourth-order valence-electron chi connectivity index (χ4n) is 1.58. The number of hydrogen-bond donors (Lipinski definition) is 2. The molecule has 0 fully saturated rings. The molecule has 2 N–H and O–H groups in total. The molecular formula is C15H12ClFN2O3. The summed E-state index contributed by atoms with van der Waals surface area (Å²) in [5.74, 6) is -1.01. The van der Waals surface area contributed by atoms with Crippen LogP contribution in [0.5, 0.6) is 5.75 Å². The highest BCUT2D eigenvalue weighted by Gasteiger charge is 2.10. The molecule has 2 rings (SSSR count). The topological polar surface area (TPSA) is 67.4 Å². The zero-order chi connectivity index (χ0) is 15.9. The first-order valence-electron chi connectivity index (χ1n) is 6.28. The Morgan fingerprint density at radius 3 is 2.55 bits per heavy atom. The highest BCUT2D eigenvalue weighted by Crippen LogP contribution is 2.24. The van der Waals surface area contributed by atoms with Gasteiger partial charge in [-0.2, -0.15) is 0 Å². The minimum Gasteiger partial charge on any atom is -0.482 e. The van der Waals surface area contributed by atoms with Gasteiger partial charge < -0.3 is 10.1 Å². The first-order chi connectivity index (χ1) is 10.5. The molecule has 0 saturated heterocycles. The van der Waals surface area contributed by atoms with Crippen LogP contribution >= 0.6 is 11.6 Å². The van der Waals surface area contributed by atoms with Crippen molar-refractivity contribution in [2.24, 2.45) is 0 Å². The van der Waals surface area contributed by atoms with Crippen molar-refractivity contribution in [2.75, 3.05) is 11.9 Å². The van der Waals surface area contributed by atoms with Crippen LogP contribution in [0.1, 0.15) is 0 Å². The summed E-state index contributed by atoms with van der Waals surface area (Å²) in [4.78, 5) is 23.2. The Labute approximate surface area is 131 Å². The molecule has 22 heavy (non-hydrogen) atoms. The summed E-state index contributed by atoms with van der Waals surface area (Å²) in [5.41, 5.74) is 0.551. The van der Waals surface area contributed by atoms with Gasteiger partial charge in [0.05, 0.1) is 5.02 Å². The van der Waals surface area contributed by atoms with E-state index in [1.165, 1.54) is 6.07 Å². The number of hydrogen-bond acceptors (Lipinski definition) is 3. The van der Waals surface area contributed by atoms with Gasteiger partial charge in [-0.05, 0) is 30.3 Å². The molecular weight excluding hydrogens is 311 g/mol. The molecule has 3 amide bonds. The van der Waals surface area contributed by atoms with Crippen LogP contribution in [-0.2, 0) is 4.79 Å². The summed E-state index contributed by atoms with van der Waals surface area (Å²) in [6.07, 6.45) is 0. The van der Waals surface area contributed by atoms with Crippen molar-refractivity contribution in [1.82, 2.24) is 5.32 Å². The Bertz CT molecular complexity index is 680. The quantitative estimate of drug-likeness (QED) is 0.908. The van der Waals surface area contributed by atoms with Gasteiger partial charge in [-0.15, -0.1) is 0 Å². The number of rotatable bonds is 4. The molecule has 0 bridgehead atoms. The van der Waals surface area contributed by atoms with Crippen molar-refractivity contribution >= 4 is 29.2 Å². The lowest BCUT2D eigenvalue weighted by Crippen LogP contribution is -2.37. The number of para-hydroxylation sites is 1. The van der Waals surface area contributed by atoms with Crippen LogP contribution in [0.3, 0.4) is 0 Å². The molecule has 0 aliphatic heterocycles. The van der Waals surface area contributed by atoms with Crippen LogP contribution in [0.15, 0.2) is 48.5 Å². The fourth-order valence-corrected chi connectivity index (χ4v) is 1.80. The van der Waals surface area contributed by atoms with Crippen molar-refractivity contribution in [3.8, 4) is 5.75 Å². The predicted octanol–water partition coefficient (Wildman–Crippen LogP) is 3.21. The van der Waals surface area contributed by atoms with Gasteiger partial charge in [0.2, 0.25) is 0 Å². The average Bonchev–Trinajstić information content (AvgIpc) is 2.47. The average molecular weight is 323 g/mol. The smallest absolute Gasteiger partial charge is 0.325 e. The number of benzene rings is 2. The first kappa shape index (κ1) is 15.8. The van der Waals surface area contributed by atoms with Gasteiger partial charge in [0, 0.05) is 5.69 Å². The lowest BCUT2D eigenvalue weighted by molar-refractivity contribution is -0.121. The van der Waals surface area contributed by atoms with Gasteiger partial charge in [0.15, 0.2) is 6.61 Å². The second-order valence-electron chi connectivity index (χ2n) is 4.23. The number of anilines is 1. The van der Waals surface area contributed by atoms with Crippen molar-refractivity contribution in [1.29, 1.82) is 0 Å². The minimum atomic E-state index is -0.676. The molecule has 2 aromatic rings. The standard InChI is InChI=1S/C15H12ClFN2O3/c16-12-8-10(17)6-7-13(12)22-9-14(20)19-15(21)18-11-4-2-1-3-5-11/h1-8H,9H2,(H2,18,19,20,21). The summed E-state index contributed by atoms with van der Waals surface area (Å²) in [6, 6.07) is 11.5. The third-order valence-corrected chi connectivity index (χ3v) is 2.83. The van der Waals surface area contributed by atoms with Crippen molar-refractivity contribution in [2.45, 2.75) is 0 Å². The third kappa shape index (κ3) is 4.75. The molecule has 0 saturated carbocycles. The first-order valence-corrected chi connectivity index (χ1v) is 6.66.